The molecule has 23 heavy (non-hydrogen) atoms. The van der Waals surface area contributed by atoms with Gasteiger partial charge < -0.3 is 9.72 Å². The number of aryl methyl sites for hydroxylation is 1. The Morgan fingerprint density at radius 2 is 2.00 bits per heavy atom. The lowest BCUT2D eigenvalue weighted by Crippen LogP contribution is -2.19. The van der Waals surface area contributed by atoms with E-state index in [1.165, 1.54) is 6.20 Å². The molecule has 0 aliphatic rings. The van der Waals surface area contributed by atoms with Crippen molar-refractivity contribution in [2.24, 2.45) is 0 Å². The van der Waals surface area contributed by atoms with Gasteiger partial charge in [-0.1, -0.05) is 0 Å². The zero-order valence-corrected chi connectivity index (χ0v) is 12.7. The molecule has 0 aliphatic heterocycles. The van der Waals surface area contributed by atoms with Gasteiger partial charge >= 0.3 is 5.97 Å². The lowest BCUT2D eigenvalue weighted by molar-refractivity contribution is 0.0524. The summed E-state index contributed by atoms with van der Waals surface area (Å²) in [6.07, 6.45) is 4.61. The van der Waals surface area contributed by atoms with E-state index in [-0.39, 0.29) is 17.6 Å². The van der Waals surface area contributed by atoms with Gasteiger partial charge in [-0.15, -0.1) is 0 Å². The summed E-state index contributed by atoms with van der Waals surface area (Å²) < 4.78 is 4.88. The monoisotopic (exact) mass is 310 g/mol. The molecule has 0 amide bonds. The molecule has 1 N–H and O–H groups in total. The third-order valence-corrected chi connectivity index (χ3v) is 3.35. The van der Waals surface area contributed by atoms with Gasteiger partial charge in [-0.3, -0.25) is 9.78 Å². The first-order chi connectivity index (χ1) is 11.1. The Bertz CT molecular complexity index is 935. The molecule has 0 unspecified atom stereocenters. The van der Waals surface area contributed by atoms with Crippen LogP contribution >= 0.6 is 0 Å². The minimum Gasteiger partial charge on any atom is -0.462 e. The normalized spacial score (nSPS) is 10.7. The maximum atomic E-state index is 12.5. The number of carbonyl (C=O) groups is 1. The second-order valence-corrected chi connectivity index (χ2v) is 4.84. The molecule has 3 heterocycles. The first kappa shape index (κ1) is 14.8. The Balaban J connectivity index is 2.19. The number of aromatic amines is 1. The van der Waals surface area contributed by atoms with E-state index in [9.17, 15) is 9.59 Å². The summed E-state index contributed by atoms with van der Waals surface area (Å²) in [5.41, 5.74) is 1.18. The van der Waals surface area contributed by atoms with Crippen molar-refractivity contribution < 1.29 is 9.53 Å². The van der Waals surface area contributed by atoms with Crippen molar-refractivity contribution in [3.63, 3.8) is 0 Å². The zero-order chi connectivity index (χ0) is 16.4. The SMILES string of the molecule is CCOC(=O)c1c[nH]c2nc(-c3ccncc3)nc(C)c2c1=O. The number of nitrogens with zero attached hydrogens (tertiary/aromatic N) is 3. The van der Waals surface area contributed by atoms with Crippen molar-refractivity contribution in [1.29, 1.82) is 0 Å². The summed E-state index contributed by atoms with van der Waals surface area (Å²) in [5, 5.41) is 0.286. The van der Waals surface area contributed by atoms with Gasteiger partial charge in [0.25, 0.3) is 0 Å². The molecule has 116 valence electrons. The molecule has 0 fully saturated rings. The average molecular weight is 310 g/mol. The fourth-order valence-electron chi connectivity index (χ4n) is 2.28. The van der Waals surface area contributed by atoms with Crippen LogP contribution in [-0.2, 0) is 4.74 Å². The average Bonchev–Trinajstić information content (AvgIpc) is 2.55. The van der Waals surface area contributed by atoms with Crippen LogP contribution in [0.25, 0.3) is 22.4 Å². The highest BCUT2D eigenvalue weighted by Gasteiger charge is 2.17. The molecule has 0 bridgehead atoms. The Labute approximate surface area is 131 Å². The second kappa shape index (κ2) is 5.96. The van der Waals surface area contributed by atoms with Gasteiger partial charge in [-0.2, -0.15) is 0 Å². The van der Waals surface area contributed by atoms with Crippen LogP contribution in [0.2, 0.25) is 0 Å². The summed E-state index contributed by atoms with van der Waals surface area (Å²) in [4.78, 5) is 39.9. The highest BCUT2D eigenvalue weighted by atomic mass is 16.5. The van der Waals surface area contributed by atoms with Gasteiger partial charge in [0.15, 0.2) is 5.82 Å². The number of pyridine rings is 2. The number of esters is 1. The third kappa shape index (κ3) is 2.68. The predicted molar refractivity (Wildman–Crippen MR) is 84.1 cm³/mol. The van der Waals surface area contributed by atoms with Gasteiger partial charge in [0.1, 0.15) is 11.2 Å². The van der Waals surface area contributed by atoms with Crippen LogP contribution < -0.4 is 5.43 Å². The topological polar surface area (TPSA) is 97.8 Å². The molecule has 7 heteroatoms. The highest BCUT2D eigenvalue weighted by molar-refractivity contribution is 5.93. The van der Waals surface area contributed by atoms with Crippen LogP contribution in [0.1, 0.15) is 23.0 Å². The molecule has 0 aliphatic carbocycles. The number of rotatable bonds is 3. The first-order valence-electron chi connectivity index (χ1n) is 7.09. The minimum atomic E-state index is -0.659. The molecule has 0 saturated carbocycles. The van der Waals surface area contributed by atoms with Gasteiger partial charge in [-0.05, 0) is 26.0 Å². The van der Waals surface area contributed by atoms with E-state index in [2.05, 4.69) is 19.9 Å². The number of nitrogens with one attached hydrogen (secondary N) is 1. The molecular formula is C16H14N4O3. The smallest absolute Gasteiger partial charge is 0.343 e. The van der Waals surface area contributed by atoms with Crippen molar-refractivity contribution in [3.8, 4) is 11.4 Å². The van der Waals surface area contributed by atoms with Gasteiger partial charge in [0, 0.05) is 24.2 Å². The molecule has 0 saturated heterocycles. The zero-order valence-electron chi connectivity index (χ0n) is 12.7. The summed E-state index contributed by atoms with van der Waals surface area (Å²) in [6, 6.07) is 3.57. The van der Waals surface area contributed by atoms with Crippen molar-refractivity contribution in [2.45, 2.75) is 13.8 Å². The maximum Gasteiger partial charge on any atom is 0.343 e. The van der Waals surface area contributed by atoms with Gasteiger partial charge in [-0.25, -0.2) is 14.8 Å². The fraction of sp³-hybridized carbons (Fsp3) is 0.188. The number of aromatic nitrogens is 4. The van der Waals surface area contributed by atoms with Crippen LogP contribution in [0.3, 0.4) is 0 Å². The van der Waals surface area contributed by atoms with Crippen LogP contribution in [0.15, 0.2) is 35.5 Å². The standard InChI is InChI=1S/C16H14N4O3/c1-3-23-16(22)11-8-18-15-12(13(11)21)9(2)19-14(20-15)10-4-6-17-7-5-10/h4-8H,3H2,1-2H3,(H,18,19,20,21). The van der Waals surface area contributed by atoms with Crippen LogP contribution in [0, 0.1) is 6.92 Å². The van der Waals surface area contributed by atoms with Crippen LogP contribution in [-0.4, -0.2) is 32.5 Å². The molecular weight excluding hydrogens is 296 g/mol. The number of hydrogen-bond donors (Lipinski definition) is 1. The number of hydrogen-bond acceptors (Lipinski definition) is 6. The molecule has 0 atom stereocenters. The van der Waals surface area contributed by atoms with Gasteiger partial charge in [0.2, 0.25) is 5.43 Å². The lowest BCUT2D eigenvalue weighted by atomic mass is 10.1. The Morgan fingerprint density at radius 1 is 1.26 bits per heavy atom. The van der Waals surface area contributed by atoms with E-state index >= 15 is 0 Å². The van der Waals surface area contributed by atoms with Crippen molar-refractivity contribution in [3.05, 3.63) is 52.2 Å². The first-order valence-corrected chi connectivity index (χ1v) is 7.09. The quantitative estimate of drug-likeness (QED) is 0.742. The Hall–Kier alpha value is -3.09. The number of ether oxygens (including phenoxy) is 1. The largest absolute Gasteiger partial charge is 0.462 e. The number of fused-ring (bicyclic) bond motifs is 1. The van der Waals surface area contributed by atoms with E-state index in [1.54, 1.807) is 38.4 Å². The molecule has 0 aromatic carbocycles. The second-order valence-electron chi connectivity index (χ2n) is 4.84. The Morgan fingerprint density at radius 3 is 2.70 bits per heavy atom. The lowest BCUT2D eigenvalue weighted by Gasteiger charge is -2.07. The third-order valence-electron chi connectivity index (χ3n) is 3.35. The summed E-state index contributed by atoms with van der Waals surface area (Å²) in [5.74, 6) is -0.176. The molecule has 7 nitrogen and oxygen atoms in total. The van der Waals surface area contributed by atoms with E-state index in [0.717, 1.165) is 5.56 Å². The molecule has 0 radical (unpaired) electrons. The van der Waals surface area contributed by atoms with Crippen LogP contribution in [0.5, 0.6) is 0 Å². The summed E-state index contributed by atoms with van der Waals surface area (Å²) >= 11 is 0. The predicted octanol–water partition coefficient (Wildman–Crippen LogP) is 1.87. The van der Waals surface area contributed by atoms with Crippen molar-refractivity contribution in [2.75, 3.05) is 6.61 Å². The van der Waals surface area contributed by atoms with E-state index in [4.69, 9.17) is 4.74 Å². The minimum absolute atomic E-state index is 0.0530. The van der Waals surface area contributed by atoms with Gasteiger partial charge in [0.05, 0.1) is 17.7 Å². The number of H-pyrrole nitrogens is 1. The number of carbonyl (C=O) groups excluding carboxylic acids is 1. The van der Waals surface area contributed by atoms with Crippen LogP contribution in [0.4, 0.5) is 0 Å². The maximum absolute atomic E-state index is 12.5. The molecule has 3 aromatic heterocycles. The van der Waals surface area contributed by atoms with E-state index in [1.807, 2.05) is 0 Å². The molecule has 3 aromatic rings. The molecule has 3 rings (SSSR count). The Kier molecular flexibility index (Phi) is 3.84. The van der Waals surface area contributed by atoms with E-state index in [0.29, 0.717) is 17.2 Å². The highest BCUT2D eigenvalue weighted by Crippen LogP contribution is 2.18. The van der Waals surface area contributed by atoms with E-state index < -0.39 is 11.4 Å². The molecule has 0 spiro atoms. The fourth-order valence-corrected chi connectivity index (χ4v) is 2.28. The van der Waals surface area contributed by atoms with Crippen molar-refractivity contribution in [1.82, 2.24) is 19.9 Å². The summed E-state index contributed by atoms with van der Waals surface area (Å²) in [7, 11) is 0. The summed E-state index contributed by atoms with van der Waals surface area (Å²) in [6.45, 7) is 3.59. The van der Waals surface area contributed by atoms with Crippen molar-refractivity contribution >= 4 is 17.0 Å².